The van der Waals surface area contributed by atoms with Crippen molar-refractivity contribution in [3.05, 3.63) is 70.3 Å². The average Bonchev–Trinajstić information content (AvgIpc) is 3.13. The SMILES string of the molecule is O=C(N/N=C/c1c[nH]c2ccccc12)C1CCN(Cc2ccc(Br)cc2)CC1. The number of H-pyrrole nitrogens is 1. The highest BCUT2D eigenvalue weighted by Crippen LogP contribution is 2.20. The van der Waals surface area contributed by atoms with Gasteiger partial charge in [-0.1, -0.05) is 46.3 Å². The molecule has 0 unspecified atom stereocenters. The molecule has 1 aliphatic rings. The highest BCUT2D eigenvalue weighted by molar-refractivity contribution is 9.10. The van der Waals surface area contributed by atoms with Crippen molar-refractivity contribution in [3.8, 4) is 0 Å². The van der Waals surface area contributed by atoms with E-state index in [1.54, 1.807) is 6.21 Å². The third kappa shape index (κ3) is 4.51. The van der Waals surface area contributed by atoms with Crippen molar-refractivity contribution in [2.45, 2.75) is 19.4 Å². The van der Waals surface area contributed by atoms with E-state index in [4.69, 9.17) is 0 Å². The Morgan fingerprint density at radius 2 is 1.93 bits per heavy atom. The number of carbonyl (C=O) groups excluding carboxylic acids is 1. The molecule has 1 fully saturated rings. The van der Waals surface area contributed by atoms with Gasteiger partial charge in [0.2, 0.25) is 5.91 Å². The van der Waals surface area contributed by atoms with E-state index in [2.05, 4.69) is 60.6 Å². The van der Waals surface area contributed by atoms with Crippen molar-refractivity contribution in [3.63, 3.8) is 0 Å². The first kappa shape index (κ1) is 18.9. The number of carbonyl (C=O) groups is 1. The number of aromatic amines is 1. The summed E-state index contributed by atoms with van der Waals surface area (Å²) in [6, 6.07) is 16.5. The van der Waals surface area contributed by atoms with Crippen molar-refractivity contribution in [2.75, 3.05) is 13.1 Å². The number of hydrogen-bond acceptors (Lipinski definition) is 3. The number of nitrogens with zero attached hydrogens (tertiary/aromatic N) is 2. The predicted molar refractivity (Wildman–Crippen MR) is 116 cm³/mol. The van der Waals surface area contributed by atoms with Gasteiger partial charge in [-0.25, -0.2) is 5.43 Å². The van der Waals surface area contributed by atoms with E-state index in [1.165, 1.54) is 5.56 Å². The van der Waals surface area contributed by atoms with E-state index in [9.17, 15) is 4.79 Å². The third-order valence-electron chi connectivity index (χ3n) is 5.28. The highest BCUT2D eigenvalue weighted by Gasteiger charge is 2.24. The summed E-state index contributed by atoms with van der Waals surface area (Å²) in [6.45, 7) is 2.79. The number of halogens is 1. The van der Waals surface area contributed by atoms with Crippen LogP contribution in [0.2, 0.25) is 0 Å². The first-order valence-corrected chi connectivity index (χ1v) is 10.3. The summed E-state index contributed by atoms with van der Waals surface area (Å²) >= 11 is 3.47. The van der Waals surface area contributed by atoms with Gasteiger partial charge in [-0.15, -0.1) is 0 Å². The number of nitrogens with one attached hydrogen (secondary N) is 2. The molecule has 1 saturated heterocycles. The molecular formula is C22H23BrN4O. The van der Waals surface area contributed by atoms with Crippen LogP contribution in [0.3, 0.4) is 0 Å². The van der Waals surface area contributed by atoms with E-state index in [0.717, 1.165) is 53.4 Å². The molecular weight excluding hydrogens is 416 g/mol. The normalized spacial score (nSPS) is 16.0. The van der Waals surface area contributed by atoms with Crippen LogP contribution >= 0.6 is 15.9 Å². The van der Waals surface area contributed by atoms with Crippen molar-refractivity contribution >= 4 is 39.0 Å². The van der Waals surface area contributed by atoms with E-state index < -0.39 is 0 Å². The zero-order chi connectivity index (χ0) is 19.3. The zero-order valence-electron chi connectivity index (χ0n) is 15.6. The highest BCUT2D eigenvalue weighted by atomic mass is 79.9. The Balaban J connectivity index is 1.26. The summed E-state index contributed by atoms with van der Waals surface area (Å²) in [5.74, 6) is 0.0423. The maximum atomic E-state index is 12.4. The maximum absolute atomic E-state index is 12.4. The van der Waals surface area contributed by atoms with E-state index >= 15 is 0 Å². The van der Waals surface area contributed by atoms with E-state index in [0.29, 0.717) is 0 Å². The Bertz CT molecular complexity index is 972. The molecule has 0 spiro atoms. The molecule has 3 aromatic rings. The van der Waals surface area contributed by atoms with Crippen LogP contribution in [0.25, 0.3) is 10.9 Å². The van der Waals surface area contributed by atoms with Crippen LogP contribution in [0.5, 0.6) is 0 Å². The molecule has 2 N–H and O–H groups in total. The van der Waals surface area contributed by atoms with Crippen molar-refractivity contribution in [2.24, 2.45) is 11.0 Å². The first-order valence-electron chi connectivity index (χ1n) is 9.55. The molecule has 1 aliphatic heterocycles. The molecule has 0 radical (unpaired) electrons. The third-order valence-corrected chi connectivity index (χ3v) is 5.81. The second-order valence-corrected chi connectivity index (χ2v) is 8.12. The fourth-order valence-electron chi connectivity index (χ4n) is 3.66. The van der Waals surface area contributed by atoms with Gasteiger partial charge in [0.05, 0.1) is 6.21 Å². The standard InChI is InChI=1S/C22H23BrN4O/c23-19-7-5-16(6-8-19)15-27-11-9-17(10-12-27)22(28)26-25-14-18-13-24-21-4-2-1-3-20(18)21/h1-8,13-14,17,24H,9-12,15H2,(H,26,28)/b25-14+. The molecule has 5 nitrogen and oxygen atoms in total. The van der Waals surface area contributed by atoms with Crippen LogP contribution in [-0.2, 0) is 11.3 Å². The topological polar surface area (TPSA) is 60.5 Å². The maximum Gasteiger partial charge on any atom is 0.243 e. The van der Waals surface area contributed by atoms with Crippen molar-refractivity contribution < 1.29 is 4.79 Å². The molecule has 28 heavy (non-hydrogen) atoms. The minimum Gasteiger partial charge on any atom is -0.361 e. The van der Waals surface area contributed by atoms with Crippen LogP contribution in [0.4, 0.5) is 0 Å². The second kappa shape index (κ2) is 8.71. The minimum atomic E-state index is 0.0133. The van der Waals surface area contributed by atoms with Gasteiger partial charge in [0.15, 0.2) is 0 Å². The van der Waals surface area contributed by atoms with Gasteiger partial charge in [0.1, 0.15) is 0 Å². The number of amides is 1. The van der Waals surface area contributed by atoms with Gasteiger partial charge < -0.3 is 4.98 Å². The lowest BCUT2D eigenvalue weighted by molar-refractivity contribution is -0.126. The Hall–Kier alpha value is -2.44. The molecule has 2 heterocycles. The number of fused-ring (bicyclic) bond motifs is 1. The lowest BCUT2D eigenvalue weighted by Crippen LogP contribution is -2.39. The monoisotopic (exact) mass is 438 g/mol. The first-order chi connectivity index (χ1) is 13.7. The fourth-order valence-corrected chi connectivity index (χ4v) is 3.92. The molecule has 6 heteroatoms. The lowest BCUT2D eigenvalue weighted by Gasteiger charge is -2.30. The smallest absolute Gasteiger partial charge is 0.243 e. The number of aromatic nitrogens is 1. The van der Waals surface area contributed by atoms with Gasteiger partial charge in [0.25, 0.3) is 0 Å². The van der Waals surface area contributed by atoms with Gasteiger partial charge in [-0.05, 0) is 49.7 Å². The molecule has 0 atom stereocenters. The number of para-hydroxylation sites is 1. The second-order valence-electron chi connectivity index (χ2n) is 7.20. The van der Waals surface area contributed by atoms with Crippen LogP contribution in [0.1, 0.15) is 24.0 Å². The van der Waals surface area contributed by atoms with Crippen molar-refractivity contribution in [1.82, 2.24) is 15.3 Å². The summed E-state index contributed by atoms with van der Waals surface area (Å²) < 4.78 is 1.10. The number of rotatable bonds is 5. The Morgan fingerprint density at radius 3 is 2.71 bits per heavy atom. The summed E-state index contributed by atoms with van der Waals surface area (Å²) in [5, 5.41) is 5.27. The minimum absolute atomic E-state index is 0.0133. The van der Waals surface area contributed by atoms with Crippen LogP contribution in [0, 0.1) is 5.92 Å². The van der Waals surface area contributed by atoms with Gasteiger partial charge in [0, 0.05) is 39.6 Å². The van der Waals surface area contributed by atoms with Crippen molar-refractivity contribution in [1.29, 1.82) is 0 Å². The Labute approximate surface area is 172 Å². The van der Waals surface area contributed by atoms with Crippen LogP contribution < -0.4 is 5.43 Å². The number of benzene rings is 2. The van der Waals surface area contributed by atoms with Crippen LogP contribution in [-0.4, -0.2) is 35.1 Å². The molecule has 0 aliphatic carbocycles. The largest absolute Gasteiger partial charge is 0.361 e. The summed E-state index contributed by atoms with van der Waals surface area (Å²) in [6.07, 6.45) is 5.34. The summed E-state index contributed by atoms with van der Waals surface area (Å²) in [7, 11) is 0. The molecule has 2 aromatic carbocycles. The molecule has 0 bridgehead atoms. The van der Waals surface area contributed by atoms with Gasteiger partial charge in [-0.3, -0.25) is 9.69 Å². The molecule has 4 rings (SSSR count). The summed E-state index contributed by atoms with van der Waals surface area (Å²) in [5.41, 5.74) is 6.06. The Morgan fingerprint density at radius 1 is 1.18 bits per heavy atom. The average molecular weight is 439 g/mol. The van der Waals surface area contributed by atoms with E-state index in [-0.39, 0.29) is 11.8 Å². The van der Waals surface area contributed by atoms with E-state index in [1.807, 2.05) is 30.5 Å². The van der Waals surface area contributed by atoms with Crippen LogP contribution in [0.15, 0.2) is 64.3 Å². The molecule has 1 aromatic heterocycles. The zero-order valence-corrected chi connectivity index (χ0v) is 17.2. The number of piperidine rings is 1. The van der Waals surface area contributed by atoms with Gasteiger partial charge in [-0.2, -0.15) is 5.10 Å². The number of likely N-dealkylation sites (tertiary alicyclic amines) is 1. The predicted octanol–water partition coefficient (Wildman–Crippen LogP) is 4.29. The lowest BCUT2D eigenvalue weighted by atomic mass is 9.96. The molecule has 1 amide bonds. The van der Waals surface area contributed by atoms with Gasteiger partial charge >= 0.3 is 0 Å². The number of hydrazone groups is 1. The summed E-state index contributed by atoms with van der Waals surface area (Å²) in [4.78, 5) is 18.0. The number of hydrogen-bond donors (Lipinski definition) is 2. The Kier molecular flexibility index (Phi) is 5.88. The molecule has 144 valence electrons. The molecule has 0 saturated carbocycles. The fraction of sp³-hybridized carbons (Fsp3) is 0.273. The quantitative estimate of drug-likeness (QED) is 0.460.